The molecule has 8 saturated heterocycles. The molecule has 119 heavy (non-hydrogen) atoms. The van der Waals surface area contributed by atoms with Gasteiger partial charge in [-0.05, 0) is 117 Å². The number of hydrogen-bond donors (Lipinski definition) is 0. The first-order valence-electron chi connectivity index (χ1n) is 34.5. The fourth-order valence-corrected chi connectivity index (χ4v) is 8.86. The van der Waals surface area contributed by atoms with E-state index in [2.05, 4.69) is 68.2 Å². The summed E-state index contributed by atoms with van der Waals surface area (Å²) < 4.78 is 177. The van der Waals surface area contributed by atoms with E-state index in [9.17, 15) is 127 Å². The molecular weight excluding hydrogens is 1640 g/mol. The first-order chi connectivity index (χ1) is 54.0. The van der Waals surface area contributed by atoms with Crippen molar-refractivity contribution in [3.63, 3.8) is 0 Å². The summed E-state index contributed by atoms with van der Waals surface area (Å²) in [7, 11) is 2.06. The SMILES string of the molecule is C=C1O[C@@H](C(=O)OCC)[C@H](C(=O)OCC)OC1=O.CC(C)OC(=O)[C@@H]1OC(=O)C(=O)O[C@H]1C(=O)OC(C)C.CC1(C(F)(F)F)OC(=O)C(=O)OC1(C)C(F)(F)F.CC1(C)CC(C)(C)OC(=O)C(=O)O1.CC1(C)COC(=O)C(=O)OC1.CC1(C)COC(=O)C(=O)OC1.CC1(C)OC(=O)C(=O)OC1(C)C.COC(=O)[C@@H]1OC(=O)C(=O)O[C@H]1C(=O)OC. The van der Waals surface area contributed by atoms with E-state index in [1.54, 1.807) is 96.9 Å². The van der Waals surface area contributed by atoms with Gasteiger partial charge in [-0.1, -0.05) is 27.7 Å². The molecule has 8 aliphatic rings. The Morgan fingerprint density at radius 1 is 0.345 bits per heavy atom. The van der Waals surface area contributed by atoms with Gasteiger partial charge in [0.1, 0.15) is 48.8 Å². The Labute approximate surface area is 671 Å². The highest BCUT2D eigenvalue weighted by atomic mass is 19.4. The Bertz CT molecular complexity index is 3610. The number of halogens is 6. The van der Waals surface area contributed by atoms with E-state index >= 15 is 0 Å². The van der Waals surface area contributed by atoms with E-state index in [0.717, 1.165) is 14.2 Å². The Morgan fingerprint density at radius 2 is 0.571 bits per heavy atom. The van der Waals surface area contributed by atoms with Crippen molar-refractivity contribution in [3.05, 3.63) is 12.3 Å². The van der Waals surface area contributed by atoms with Gasteiger partial charge in [-0.3, -0.25) is 0 Å². The lowest BCUT2D eigenvalue weighted by Gasteiger charge is -2.47. The topological polar surface area (TPSA) is 562 Å². The van der Waals surface area contributed by atoms with Gasteiger partial charge in [-0.2, -0.15) is 26.3 Å². The number of esters is 21. The zero-order valence-corrected chi connectivity index (χ0v) is 68.1. The molecule has 8 heterocycles. The van der Waals surface area contributed by atoms with Crippen molar-refractivity contribution < 1.29 is 231 Å². The highest BCUT2D eigenvalue weighted by Gasteiger charge is 2.79. The van der Waals surface area contributed by atoms with Crippen LogP contribution in [0.4, 0.5) is 26.3 Å². The monoisotopic (exact) mass is 1730 g/mol. The first-order valence-corrected chi connectivity index (χ1v) is 34.5. The predicted molar refractivity (Wildman–Crippen MR) is 361 cm³/mol. The quantitative estimate of drug-likeness (QED) is 0.0982. The van der Waals surface area contributed by atoms with Crippen molar-refractivity contribution in [2.24, 2.45) is 10.8 Å². The predicted octanol–water partition coefficient (Wildman–Crippen LogP) is 1.46. The second-order valence-corrected chi connectivity index (χ2v) is 29.4. The molecule has 0 aliphatic carbocycles. The third-order valence-electron chi connectivity index (χ3n) is 15.4. The van der Waals surface area contributed by atoms with Crippen molar-refractivity contribution in [2.45, 2.75) is 240 Å². The lowest BCUT2D eigenvalue weighted by Crippen LogP contribution is -2.73. The standard InChI is InChI=1S/C12H16O8.C11H14O7.C9H14O4.C8H6F6O4.C8H8O8.C8H12O4.2C7H10O4/c1-5(2)17-9(13)7-8(10(14)18-6(3)4)20-12(16)11(15)19-7;1-4-15-10(13)7-8(11(14)16-5-2)18-9(12)6(3)17-7;1-8(2)5-9(3,4)13-7(11)6(10)12-8;1-5(7(9,10)11)6(2,8(12,13)14)18-4(16)3(15)17-5;1-13-5(9)3-4(6(10)14-2)16-8(12)7(11)15-3;1-7(2)8(3,4)12-6(10)5(9)11-7;2*1-7(2)3-10-5(8)6(9)11-4-7/h5-8H,1-4H3;7-8H,3-5H2,1-2H3;5H2,1-4H3;1-2H3;3-4H,1-2H3;1-4H3;2*3-4H2,1-2H3/t2*7-,8-;;;3-,4-;;;/m11..1.../s1. The highest BCUT2D eigenvalue weighted by molar-refractivity contribution is 6.33. The number of carbonyl (C=O) groups excluding carboxylic acids is 21. The molecule has 0 spiro atoms. The van der Waals surface area contributed by atoms with E-state index in [-0.39, 0.29) is 70.1 Å². The van der Waals surface area contributed by atoms with Crippen LogP contribution in [0.5, 0.6) is 0 Å². The van der Waals surface area contributed by atoms with Gasteiger partial charge in [0.2, 0.25) is 36.6 Å². The molecule has 0 N–H and O–H groups in total. The maximum atomic E-state index is 12.7. The van der Waals surface area contributed by atoms with Gasteiger partial charge in [0.05, 0.1) is 39.6 Å². The minimum Gasteiger partial charge on any atom is -0.467 e. The van der Waals surface area contributed by atoms with Crippen LogP contribution in [0.15, 0.2) is 12.3 Å². The Hall–Kier alpha value is -12.0. The minimum absolute atomic E-state index is 0.00910. The van der Waals surface area contributed by atoms with Crippen LogP contribution in [0.3, 0.4) is 0 Å². The van der Waals surface area contributed by atoms with Gasteiger partial charge in [0, 0.05) is 17.3 Å². The van der Waals surface area contributed by atoms with Crippen molar-refractivity contribution in [3.8, 4) is 0 Å². The number of cyclic esters (lactones) is 15. The van der Waals surface area contributed by atoms with Gasteiger partial charge in [-0.25, -0.2) is 101 Å². The first kappa shape index (κ1) is 105. The molecule has 8 rings (SSSR count). The molecule has 43 nitrogen and oxygen atoms in total. The number of rotatable bonds is 10. The Balaban J connectivity index is 0.000000686. The lowest BCUT2D eigenvalue weighted by atomic mass is 9.83. The maximum absolute atomic E-state index is 12.7. The molecule has 8 aliphatic heterocycles. The molecule has 0 aromatic rings. The summed E-state index contributed by atoms with van der Waals surface area (Å²) in [5, 5.41) is 0. The van der Waals surface area contributed by atoms with Gasteiger partial charge in [-0.15, -0.1) is 0 Å². The largest absolute Gasteiger partial charge is 0.467 e. The van der Waals surface area contributed by atoms with E-state index < -0.39 is 220 Å². The number of hydrogen-bond acceptors (Lipinski definition) is 43. The number of ether oxygens (including phenoxy) is 22. The van der Waals surface area contributed by atoms with Crippen LogP contribution in [0.2, 0.25) is 0 Å². The minimum atomic E-state index is -5.58. The van der Waals surface area contributed by atoms with Crippen LogP contribution >= 0.6 is 0 Å². The fraction of sp³-hybridized carbons (Fsp3) is 0.671. The summed E-state index contributed by atoms with van der Waals surface area (Å²) in [6.07, 6.45) is -21.1. The van der Waals surface area contributed by atoms with Crippen LogP contribution in [0, 0.1) is 10.8 Å². The smallest absolute Gasteiger partial charge is 0.432 e. The third kappa shape index (κ3) is 30.5. The van der Waals surface area contributed by atoms with E-state index in [1.807, 2.05) is 27.7 Å². The summed E-state index contributed by atoms with van der Waals surface area (Å²) >= 11 is 0. The second-order valence-electron chi connectivity index (χ2n) is 29.4. The molecule has 0 amide bonds. The molecule has 2 unspecified atom stereocenters. The van der Waals surface area contributed by atoms with Gasteiger partial charge < -0.3 is 104 Å². The molecule has 0 aromatic carbocycles. The van der Waals surface area contributed by atoms with Crippen LogP contribution in [0.1, 0.15) is 145 Å². The van der Waals surface area contributed by atoms with E-state index in [0.29, 0.717) is 6.42 Å². The van der Waals surface area contributed by atoms with Crippen molar-refractivity contribution in [1.29, 1.82) is 0 Å². The molecule has 0 bridgehead atoms. The number of methoxy groups -OCH3 is 2. The summed E-state index contributed by atoms with van der Waals surface area (Å²) in [5.74, 6) is -23.9. The van der Waals surface area contributed by atoms with Crippen LogP contribution in [-0.4, -0.2) is 274 Å². The lowest BCUT2D eigenvalue weighted by molar-refractivity contribution is -0.385. The summed E-state index contributed by atoms with van der Waals surface area (Å²) in [6, 6.07) is 0. The molecule has 0 aromatic heterocycles. The molecule has 49 heteroatoms. The van der Waals surface area contributed by atoms with E-state index in [4.69, 9.17) is 42.6 Å². The van der Waals surface area contributed by atoms with Gasteiger partial charge in [0.25, 0.3) is 11.2 Å². The van der Waals surface area contributed by atoms with Gasteiger partial charge >= 0.3 is 138 Å². The van der Waals surface area contributed by atoms with E-state index in [1.165, 1.54) is 0 Å². The summed E-state index contributed by atoms with van der Waals surface area (Å²) in [6.45, 7) is 35.2. The van der Waals surface area contributed by atoms with Crippen LogP contribution < -0.4 is 0 Å². The maximum Gasteiger partial charge on any atom is 0.432 e. The molecule has 8 atom stereocenters. The molecule has 0 saturated carbocycles. The third-order valence-corrected chi connectivity index (χ3v) is 15.4. The van der Waals surface area contributed by atoms with Crippen molar-refractivity contribution in [1.82, 2.24) is 0 Å². The average Bonchev–Trinajstić information content (AvgIpc) is 0.958. The number of carbonyl (C=O) groups is 21. The Morgan fingerprint density at radius 3 is 0.815 bits per heavy atom. The van der Waals surface area contributed by atoms with Crippen molar-refractivity contribution in [2.75, 3.05) is 53.9 Å². The average molecular weight is 1730 g/mol. The second kappa shape index (κ2) is 41.9. The van der Waals surface area contributed by atoms with Gasteiger partial charge in [0.15, 0.2) is 5.76 Å². The van der Waals surface area contributed by atoms with Crippen LogP contribution in [0.25, 0.3) is 0 Å². The Kier molecular flexibility index (Phi) is 37.0. The van der Waals surface area contributed by atoms with Crippen LogP contribution in [-0.2, 0) is 205 Å². The fourth-order valence-electron chi connectivity index (χ4n) is 8.86. The molecule has 0 radical (unpaired) electrons. The molecule has 670 valence electrons. The molecule has 8 fully saturated rings. The highest BCUT2D eigenvalue weighted by Crippen LogP contribution is 2.53. The van der Waals surface area contributed by atoms with Crippen molar-refractivity contribution >= 4 is 125 Å². The summed E-state index contributed by atoms with van der Waals surface area (Å²) in [5.41, 5.74) is -11.4. The zero-order chi connectivity index (χ0) is 92.8. The summed E-state index contributed by atoms with van der Waals surface area (Å²) in [4.78, 5) is 232. The zero-order valence-electron chi connectivity index (χ0n) is 68.1. The molecular formula is C70H90F6O43. The number of alkyl halides is 6. The normalized spacial score (nSPS) is 25.4.